The van der Waals surface area contributed by atoms with E-state index in [9.17, 15) is 22.0 Å². The lowest BCUT2D eigenvalue weighted by atomic mass is 10.1. The van der Waals surface area contributed by atoms with E-state index in [4.69, 9.17) is 5.73 Å². The maximum absolute atomic E-state index is 13.9. The molecule has 6 nitrogen and oxygen atoms in total. The number of amides is 1. The van der Waals surface area contributed by atoms with Gasteiger partial charge in [0.2, 0.25) is 15.9 Å². The first-order valence-corrected chi connectivity index (χ1v) is 9.24. The Kier molecular flexibility index (Phi) is 6.25. The summed E-state index contributed by atoms with van der Waals surface area (Å²) in [7, 11) is -4.18. The first-order chi connectivity index (χ1) is 11.4. The molecule has 1 fully saturated rings. The summed E-state index contributed by atoms with van der Waals surface area (Å²) >= 11 is 0. The minimum atomic E-state index is -4.18. The van der Waals surface area contributed by atoms with Crippen molar-refractivity contribution in [3.63, 3.8) is 0 Å². The molecule has 1 aromatic carbocycles. The molecule has 134 valence electrons. The van der Waals surface area contributed by atoms with Gasteiger partial charge in [-0.1, -0.05) is 6.42 Å². The van der Waals surface area contributed by atoms with E-state index in [0.29, 0.717) is 18.9 Å². The summed E-state index contributed by atoms with van der Waals surface area (Å²) in [6.45, 7) is 0.526. The minimum Gasteiger partial charge on any atom is -0.354 e. The summed E-state index contributed by atoms with van der Waals surface area (Å²) in [6.07, 6.45) is 2.12. The number of rotatable bonds is 6. The maximum atomic E-state index is 13.9. The molecule has 2 rings (SSSR count). The van der Waals surface area contributed by atoms with E-state index in [1.165, 1.54) is 0 Å². The van der Waals surface area contributed by atoms with Crippen molar-refractivity contribution in [1.82, 2.24) is 9.62 Å². The van der Waals surface area contributed by atoms with Crippen molar-refractivity contribution in [2.45, 2.75) is 36.6 Å². The second-order valence-corrected chi connectivity index (χ2v) is 7.54. The Morgan fingerprint density at radius 1 is 1.33 bits per heavy atom. The highest BCUT2D eigenvalue weighted by Gasteiger charge is 2.35. The quantitative estimate of drug-likeness (QED) is 0.790. The third kappa shape index (κ3) is 4.28. The van der Waals surface area contributed by atoms with Crippen LogP contribution in [-0.2, 0) is 14.8 Å². The summed E-state index contributed by atoms with van der Waals surface area (Å²) in [5, 5.41) is 2.64. The molecule has 0 aliphatic carbocycles. The number of carbonyl (C=O) groups is 1. The number of nitrogens with two attached hydrogens (primary N) is 1. The van der Waals surface area contributed by atoms with Crippen molar-refractivity contribution in [3.05, 3.63) is 29.8 Å². The van der Waals surface area contributed by atoms with Gasteiger partial charge in [0.25, 0.3) is 0 Å². The zero-order valence-corrected chi connectivity index (χ0v) is 14.0. The highest BCUT2D eigenvalue weighted by Crippen LogP contribution is 2.27. The van der Waals surface area contributed by atoms with Gasteiger partial charge >= 0.3 is 0 Å². The Balaban J connectivity index is 2.22. The zero-order chi connectivity index (χ0) is 17.7. The number of piperidine rings is 1. The van der Waals surface area contributed by atoms with E-state index in [1.807, 2.05) is 0 Å². The van der Waals surface area contributed by atoms with Gasteiger partial charge < -0.3 is 11.1 Å². The lowest BCUT2D eigenvalue weighted by Crippen LogP contribution is -2.49. The standard InChI is InChI=1S/C15H21F2N3O3S/c16-11-4-5-13(17)14(9-11)24(22,23)20-8-2-1-3-12(20)10-19-15(21)6-7-18/h4-5,9,12H,1-3,6-8,10,18H2,(H,19,21). The Morgan fingerprint density at radius 2 is 2.08 bits per heavy atom. The van der Waals surface area contributed by atoms with Crippen molar-refractivity contribution in [1.29, 1.82) is 0 Å². The number of halogens is 2. The number of nitrogens with zero attached hydrogens (tertiary/aromatic N) is 1. The summed E-state index contributed by atoms with van der Waals surface area (Å²) < 4.78 is 53.9. The molecule has 1 aliphatic rings. The number of nitrogens with one attached hydrogen (secondary N) is 1. The van der Waals surface area contributed by atoms with Crippen molar-refractivity contribution >= 4 is 15.9 Å². The predicted octanol–water partition coefficient (Wildman–Crippen LogP) is 0.973. The van der Waals surface area contributed by atoms with E-state index >= 15 is 0 Å². The third-order valence-electron chi connectivity index (χ3n) is 3.96. The normalized spacial score (nSPS) is 19.2. The molecule has 9 heteroatoms. The fourth-order valence-corrected chi connectivity index (χ4v) is 4.52. The molecule has 1 aliphatic heterocycles. The summed E-state index contributed by atoms with van der Waals surface area (Å²) in [6, 6.07) is 1.86. The number of hydrogen-bond donors (Lipinski definition) is 2. The highest BCUT2D eigenvalue weighted by molar-refractivity contribution is 7.89. The van der Waals surface area contributed by atoms with Gasteiger partial charge in [0.05, 0.1) is 0 Å². The van der Waals surface area contributed by atoms with Gasteiger partial charge in [0.1, 0.15) is 16.5 Å². The topological polar surface area (TPSA) is 92.5 Å². The van der Waals surface area contributed by atoms with Gasteiger partial charge in [-0.2, -0.15) is 4.31 Å². The third-order valence-corrected chi connectivity index (χ3v) is 5.93. The Morgan fingerprint density at radius 3 is 2.79 bits per heavy atom. The Bertz CT molecular complexity index is 697. The monoisotopic (exact) mass is 361 g/mol. The Labute approximate surface area is 140 Å². The molecule has 1 unspecified atom stereocenters. The number of benzene rings is 1. The van der Waals surface area contributed by atoms with Crippen molar-refractivity contribution in [2.24, 2.45) is 5.73 Å². The van der Waals surface area contributed by atoms with Crippen molar-refractivity contribution < 1.29 is 22.0 Å². The SMILES string of the molecule is NCCC(=O)NCC1CCCCN1S(=O)(=O)c1cc(F)ccc1F. The van der Waals surface area contributed by atoms with Crippen molar-refractivity contribution in [2.75, 3.05) is 19.6 Å². The zero-order valence-electron chi connectivity index (χ0n) is 13.2. The van der Waals surface area contributed by atoms with Gasteiger partial charge in [-0.15, -0.1) is 0 Å². The lowest BCUT2D eigenvalue weighted by Gasteiger charge is -2.34. The lowest BCUT2D eigenvalue weighted by molar-refractivity contribution is -0.121. The number of carbonyl (C=O) groups excluding carboxylic acids is 1. The summed E-state index contributed by atoms with van der Waals surface area (Å²) in [5.41, 5.74) is 5.30. The van der Waals surface area contributed by atoms with E-state index in [1.54, 1.807) is 0 Å². The molecule has 1 atom stereocenters. The van der Waals surface area contributed by atoms with Crippen LogP contribution in [0.3, 0.4) is 0 Å². The minimum absolute atomic E-state index is 0.120. The van der Waals surface area contributed by atoms with E-state index in [2.05, 4.69) is 5.32 Å². The van der Waals surface area contributed by atoms with Gasteiger partial charge in [-0.3, -0.25) is 4.79 Å². The van der Waals surface area contributed by atoms with Crippen LogP contribution in [0.4, 0.5) is 8.78 Å². The molecular weight excluding hydrogens is 340 g/mol. The average Bonchev–Trinajstić information content (AvgIpc) is 2.55. The molecule has 1 amide bonds. The van der Waals surface area contributed by atoms with Crippen LogP contribution in [0.2, 0.25) is 0 Å². The molecule has 1 saturated heterocycles. The van der Waals surface area contributed by atoms with Crippen LogP contribution in [0.25, 0.3) is 0 Å². The molecule has 1 heterocycles. The van der Waals surface area contributed by atoms with Crippen LogP contribution in [0.1, 0.15) is 25.7 Å². The molecule has 24 heavy (non-hydrogen) atoms. The summed E-state index contributed by atoms with van der Waals surface area (Å²) in [4.78, 5) is 10.9. The molecule has 0 bridgehead atoms. The largest absolute Gasteiger partial charge is 0.354 e. The second kappa shape index (κ2) is 8.00. The predicted molar refractivity (Wildman–Crippen MR) is 84.6 cm³/mol. The van der Waals surface area contributed by atoms with Crippen LogP contribution in [0.5, 0.6) is 0 Å². The van der Waals surface area contributed by atoms with Gasteiger partial charge in [0, 0.05) is 32.1 Å². The number of hydrogen-bond acceptors (Lipinski definition) is 4. The first-order valence-electron chi connectivity index (χ1n) is 7.80. The van der Waals surface area contributed by atoms with E-state index in [-0.39, 0.29) is 32.0 Å². The van der Waals surface area contributed by atoms with E-state index in [0.717, 1.165) is 22.9 Å². The second-order valence-electron chi connectivity index (χ2n) is 5.68. The fraction of sp³-hybridized carbons (Fsp3) is 0.533. The van der Waals surface area contributed by atoms with Gasteiger partial charge in [-0.25, -0.2) is 17.2 Å². The van der Waals surface area contributed by atoms with Crippen LogP contribution < -0.4 is 11.1 Å². The maximum Gasteiger partial charge on any atom is 0.246 e. The fourth-order valence-electron chi connectivity index (χ4n) is 2.75. The molecule has 3 N–H and O–H groups in total. The van der Waals surface area contributed by atoms with Gasteiger partial charge in [-0.05, 0) is 31.0 Å². The molecule has 0 saturated carbocycles. The first kappa shape index (κ1) is 18.8. The number of sulfonamides is 1. The molecular formula is C15H21F2N3O3S. The highest BCUT2D eigenvalue weighted by atomic mass is 32.2. The van der Waals surface area contributed by atoms with Crippen LogP contribution >= 0.6 is 0 Å². The van der Waals surface area contributed by atoms with Crippen LogP contribution in [-0.4, -0.2) is 44.3 Å². The Hall–Kier alpha value is -1.58. The average molecular weight is 361 g/mol. The molecule has 0 aromatic heterocycles. The molecule has 0 radical (unpaired) electrons. The molecule has 0 spiro atoms. The molecule has 1 aromatic rings. The van der Waals surface area contributed by atoms with E-state index < -0.39 is 32.6 Å². The van der Waals surface area contributed by atoms with Crippen LogP contribution in [0.15, 0.2) is 23.1 Å². The summed E-state index contributed by atoms with van der Waals surface area (Å²) in [5.74, 6) is -2.08. The van der Waals surface area contributed by atoms with Crippen molar-refractivity contribution in [3.8, 4) is 0 Å². The van der Waals surface area contributed by atoms with Gasteiger partial charge in [0.15, 0.2) is 0 Å². The smallest absolute Gasteiger partial charge is 0.246 e. The van der Waals surface area contributed by atoms with Crippen LogP contribution in [0, 0.1) is 11.6 Å².